The molecule has 0 aliphatic rings. The minimum absolute atomic E-state index is 0.189. The molecule has 8 nitrogen and oxygen atoms in total. The molecule has 0 spiro atoms. The van der Waals surface area contributed by atoms with Crippen LogP contribution in [0.3, 0.4) is 0 Å². The van der Waals surface area contributed by atoms with Crippen molar-refractivity contribution in [3.8, 4) is 11.4 Å². The van der Waals surface area contributed by atoms with E-state index in [1.54, 1.807) is 13.0 Å². The molecule has 0 bridgehead atoms. The first-order chi connectivity index (χ1) is 13.2. The summed E-state index contributed by atoms with van der Waals surface area (Å²) in [4.78, 5) is 13.0. The molecule has 3 heterocycles. The van der Waals surface area contributed by atoms with Gasteiger partial charge in [0.25, 0.3) is 0 Å². The number of furan rings is 2. The Balaban J connectivity index is 1.69. The topological polar surface area (TPSA) is 103 Å². The number of nitrogens with zero attached hydrogens (tertiary/aromatic N) is 4. The summed E-state index contributed by atoms with van der Waals surface area (Å²) in [5, 5.41) is 8.03. The fraction of sp³-hybridized carbons (Fsp3) is 0.312. The highest BCUT2D eigenvalue weighted by Crippen LogP contribution is 2.26. The van der Waals surface area contributed by atoms with Gasteiger partial charge in [0.05, 0.1) is 30.4 Å². The third kappa shape index (κ3) is 4.68. The quantitative estimate of drug-likeness (QED) is 0.467. The van der Waals surface area contributed by atoms with E-state index >= 15 is 0 Å². The van der Waals surface area contributed by atoms with Gasteiger partial charge in [-0.3, -0.25) is 4.79 Å². The fourth-order valence-electron chi connectivity index (χ4n) is 2.43. The Morgan fingerprint density at radius 2 is 2.07 bits per heavy atom. The molecule has 0 radical (unpaired) electrons. The van der Waals surface area contributed by atoms with Crippen molar-refractivity contribution < 1.29 is 26.8 Å². The van der Waals surface area contributed by atoms with Crippen LogP contribution in [0.25, 0.3) is 11.4 Å². The second-order valence-electron chi connectivity index (χ2n) is 5.80. The Morgan fingerprint density at radius 1 is 1.29 bits per heavy atom. The second kappa shape index (κ2) is 8.00. The summed E-state index contributed by atoms with van der Waals surface area (Å²) in [6.07, 6.45) is -1.73. The number of nitrogens with two attached hydrogens (primary N) is 1. The normalized spacial score (nSPS) is 11.7. The van der Waals surface area contributed by atoms with Gasteiger partial charge in [0.1, 0.15) is 18.1 Å². The van der Waals surface area contributed by atoms with Crippen molar-refractivity contribution in [3.63, 3.8) is 0 Å². The lowest BCUT2D eigenvalue weighted by molar-refractivity contribution is -0.161. The number of carbonyl (C=O) groups excluding carboxylic acids is 1. The summed E-state index contributed by atoms with van der Waals surface area (Å²) < 4.78 is 49.9. The van der Waals surface area contributed by atoms with E-state index < -0.39 is 18.6 Å². The van der Waals surface area contributed by atoms with E-state index in [1.807, 2.05) is 0 Å². The van der Waals surface area contributed by atoms with E-state index in [2.05, 4.69) is 10.2 Å². The van der Waals surface area contributed by atoms with Gasteiger partial charge in [-0.25, -0.2) is 4.68 Å². The summed E-state index contributed by atoms with van der Waals surface area (Å²) in [7, 11) is 0. The second-order valence-corrected chi connectivity index (χ2v) is 6.74. The number of halogens is 3. The lowest BCUT2D eigenvalue weighted by Crippen LogP contribution is -2.39. The van der Waals surface area contributed by atoms with Gasteiger partial charge in [-0.2, -0.15) is 13.2 Å². The first-order valence-electron chi connectivity index (χ1n) is 7.99. The van der Waals surface area contributed by atoms with Crippen LogP contribution in [0.1, 0.15) is 11.5 Å². The number of carbonyl (C=O) groups is 1. The fourth-order valence-corrected chi connectivity index (χ4v) is 3.19. The number of aryl methyl sites for hydroxylation is 1. The molecule has 0 aliphatic carbocycles. The van der Waals surface area contributed by atoms with Crippen molar-refractivity contribution in [3.05, 3.63) is 42.2 Å². The molecule has 0 atom stereocenters. The lowest BCUT2D eigenvalue weighted by atomic mass is 10.2. The number of amides is 1. The molecule has 0 unspecified atom stereocenters. The monoisotopic (exact) mass is 415 g/mol. The standard InChI is InChI=1S/C16H16F3N5O3S/c1-10-12(4-6-26-10)14-21-22-15(24(14)20)28-8-13(25)23(9-16(17,18)19)7-11-3-2-5-27-11/h2-6H,7-9,20H2,1H3. The van der Waals surface area contributed by atoms with E-state index in [9.17, 15) is 18.0 Å². The zero-order valence-electron chi connectivity index (χ0n) is 14.6. The first kappa shape index (κ1) is 19.9. The van der Waals surface area contributed by atoms with Gasteiger partial charge < -0.3 is 19.6 Å². The first-order valence-corrected chi connectivity index (χ1v) is 8.98. The summed E-state index contributed by atoms with van der Waals surface area (Å²) in [6, 6.07) is 4.70. The van der Waals surface area contributed by atoms with E-state index in [0.717, 1.165) is 16.4 Å². The molecular formula is C16H16F3N5O3S. The van der Waals surface area contributed by atoms with Crippen molar-refractivity contribution in [2.24, 2.45) is 0 Å². The lowest BCUT2D eigenvalue weighted by Gasteiger charge is -2.22. The predicted octanol–water partition coefficient (Wildman–Crippen LogP) is 2.84. The van der Waals surface area contributed by atoms with Crippen LogP contribution in [0.4, 0.5) is 13.2 Å². The number of hydrogen-bond acceptors (Lipinski definition) is 7. The van der Waals surface area contributed by atoms with E-state index in [4.69, 9.17) is 14.7 Å². The maximum absolute atomic E-state index is 12.8. The SMILES string of the molecule is Cc1occc1-c1nnc(SCC(=O)N(Cc2ccco2)CC(F)(F)F)n1N. The molecule has 3 aromatic heterocycles. The van der Waals surface area contributed by atoms with Gasteiger partial charge in [0.2, 0.25) is 11.1 Å². The molecular weight excluding hydrogens is 399 g/mol. The van der Waals surface area contributed by atoms with Crippen molar-refractivity contribution in [1.82, 2.24) is 19.8 Å². The Morgan fingerprint density at radius 3 is 2.68 bits per heavy atom. The van der Waals surface area contributed by atoms with Gasteiger partial charge in [-0.15, -0.1) is 10.2 Å². The van der Waals surface area contributed by atoms with Crippen LogP contribution >= 0.6 is 11.8 Å². The van der Waals surface area contributed by atoms with Gasteiger partial charge in [0.15, 0.2) is 5.82 Å². The van der Waals surface area contributed by atoms with E-state index in [-0.39, 0.29) is 23.2 Å². The van der Waals surface area contributed by atoms with Gasteiger partial charge in [-0.1, -0.05) is 11.8 Å². The van der Waals surface area contributed by atoms with Gasteiger partial charge in [0, 0.05) is 0 Å². The van der Waals surface area contributed by atoms with Crippen LogP contribution < -0.4 is 5.84 Å². The molecule has 28 heavy (non-hydrogen) atoms. The molecule has 0 fully saturated rings. The maximum atomic E-state index is 12.8. The Kier molecular flexibility index (Phi) is 5.68. The molecule has 2 N–H and O–H groups in total. The zero-order valence-corrected chi connectivity index (χ0v) is 15.5. The molecule has 0 saturated heterocycles. The number of nitrogen functional groups attached to an aromatic ring is 1. The van der Waals surface area contributed by atoms with Crippen molar-refractivity contribution in [2.75, 3.05) is 18.1 Å². The zero-order chi connectivity index (χ0) is 20.3. The molecule has 12 heteroatoms. The highest BCUT2D eigenvalue weighted by molar-refractivity contribution is 7.99. The van der Waals surface area contributed by atoms with Gasteiger partial charge in [-0.05, 0) is 25.1 Å². The van der Waals surface area contributed by atoms with Crippen LogP contribution in [-0.2, 0) is 11.3 Å². The predicted molar refractivity (Wildman–Crippen MR) is 93.5 cm³/mol. The summed E-state index contributed by atoms with van der Waals surface area (Å²) in [5.41, 5.74) is 0.629. The highest BCUT2D eigenvalue weighted by atomic mass is 32.2. The minimum Gasteiger partial charge on any atom is -0.469 e. The average molecular weight is 415 g/mol. The van der Waals surface area contributed by atoms with Crippen LogP contribution in [0.5, 0.6) is 0 Å². The molecule has 1 amide bonds. The van der Waals surface area contributed by atoms with Crippen molar-refractivity contribution >= 4 is 17.7 Å². The third-order valence-corrected chi connectivity index (χ3v) is 4.67. The van der Waals surface area contributed by atoms with Crippen molar-refractivity contribution in [1.29, 1.82) is 0 Å². The van der Waals surface area contributed by atoms with Crippen LogP contribution in [0, 0.1) is 6.92 Å². The average Bonchev–Trinajstić information content (AvgIpc) is 3.34. The molecule has 0 aromatic carbocycles. The number of thioether (sulfide) groups is 1. The largest absolute Gasteiger partial charge is 0.469 e. The highest BCUT2D eigenvalue weighted by Gasteiger charge is 2.33. The number of aromatic nitrogens is 3. The Hall–Kier alpha value is -2.89. The van der Waals surface area contributed by atoms with Gasteiger partial charge >= 0.3 is 6.18 Å². The summed E-state index contributed by atoms with van der Waals surface area (Å²) >= 11 is 0.891. The van der Waals surface area contributed by atoms with Crippen LogP contribution in [-0.4, -0.2) is 44.2 Å². The molecule has 0 aliphatic heterocycles. The molecule has 150 valence electrons. The third-order valence-electron chi connectivity index (χ3n) is 3.74. The van der Waals surface area contributed by atoms with Crippen LogP contribution in [0.15, 0.2) is 44.7 Å². The summed E-state index contributed by atoms with van der Waals surface area (Å²) in [6.45, 7) is 0.0482. The molecule has 3 rings (SSSR count). The molecule has 0 saturated carbocycles. The van der Waals surface area contributed by atoms with Crippen molar-refractivity contribution in [2.45, 2.75) is 24.8 Å². The van der Waals surface area contributed by atoms with E-state index in [0.29, 0.717) is 22.0 Å². The smallest absolute Gasteiger partial charge is 0.406 e. The Bertz CT molecular complexity index is 936. The number of hydrogen-bond donors (Lipinski definition) is 1. The number of alkyl halides is 3. The summed E-state index contributed by atoms with van der Waals surface area (Å²) in [5.74, 6) is 6.08. The van der Waals surface area contributed by atoms with E-state index in [1.165, 1.54) is 24.7 Å². The maximum Gasteiger partial charge on any atom is 0.406 e. The Labute approximate surface area is 161 Å². The minimum atomic E-state index is -4.53. The number of rotatable bonds is 7. The molecule has 3 aromatic rings. The van der Waals surface area contributed by atoms with Crippen LogP contribution in [0.2, 0.25) is 0 Å².